The molecule has 23 heavy (non-hydrogen) atoms. The molecule has 2 rings (SSSR count). The van der Waals surface area contributed by atoms with Crippen LogP contribution in [0.4, 0.5) is 0 Å². The summed E-state index contributed by atoms with van der Waals surface area (Å²) in [7, 11) is 0.592. The molecule has 126 valence electrons. The largest absolute Gasteiger partial charge is 0.508 e. The van der Waals surface area contributed by atoms with Gasteiger partial charge in [0.1, 0.15) is 11.5 Å². The molecule has 0 amide bonds. The van der Waals surface area contributed by atoms with Crippen molar-refractivity contribution in [2.75, 3.05) is 7.11 Å². The molecule has 1 heterocycles. The highest BCUT2D eigenvalue weighted by Crippen LogP contribution is 2.43. The van der Waals surface area contributed by atoms with Gasteiger partial charge in [-0.25, -0.2) is 0 Å². The first-order valence-electron chi connectivity index (χ1n) is 7.52. The third-order valence-electron chi connectivity index (χ3n) is 4.63. The third-order valence-corrected chi connectivity index (χ3v) is 4.63. The molecule has 1 aliphatic heterocycles. The normalized spacial score (nSPS) is 20.3. The van der Waals surface area contributed by atoms with Crippen molar-refractivity contribution in [2.45, 2.75) is 51.1 Å². The molecule has 1 fully saturated rings. The maximum atomic E-state index is 11.8. The van der Waals surface area contributed by atoms with Crippen LogP contribution in [-0.2, 0) is 18.8 Å². The maximum Gasteiger partial charge on any atom is 0.466 e. The van der Waals surface area contributed by atoms with E-state index in [0.717, 1.165) is 0 Å². The van der Waals surface area contributed by atoms with Crippen molar-refractivity contribution >= 4 is 13.1 Å². The van der Waals surface area contributed by atoms with E-state index < -0.39 is 30.1 Å². The monoisotopic (exact) mass is 322 g/mol. The summed E-state index contributed by atoms with van der Waals surface area (Å²) in [5.41, 5.74) is -0.649. The molecule has 1 aromatic rings. The van der Waals surface area contributed by atoms with Gasteiger partial charge in [0.2, 0.25) is 0 Å². The Balaban J connectivity index is 2.38. The summed E-state index contributed by atoms with van der Waals surface area (Å²) in [6.45, 7) is 7.66. The molecule has 0 spiro atoms. The number of methoxy groups -OCH3 is 1. The summed E-state index contributed by atoms with van der Waals surface area (Å²) in [5.74, 6) is -1.16. The second-order valence-electron chi connectivity index (χ2n) is 6.75. The highest BCUT2D eigenvalue weighted by molar-refractivity contribution is 6.48. The van der Waals surface area contributed by atoms with Gasteiger partial charge in [-0.05, 0) is 39.3 Å². The summed E-state index contributed by atoms with van der Waals surface area (Å²) in [5, 5.41) is 19.6. The summed E-state index contributed by atoms with van der Waals surface area (Å²) in [6.07, 6.45) is -0.00827. The fraction of sp³-hybridized carbons (Fsp3) is 0.562. The van der Waals surface area contributed by atoms with Gasteiger partial charge >= 0.3 is 13.1 Å². The Kier molecular flexibility index (Phi) is 4.64. The third kappa shape index (κ3) is 3.45. The molecule has 7 heteroatoms. The van der Waals surface area contributed by atoms with Crippen LogP contribution in [0.3, 0.4) is 0 Å². The van der Waals surface area contributed by atoms with Crippen LogP contribution in [0.5, 0.6) is 11.5 Å². The van der Waals surface area contributed by atoms with E-state index in [1.165, 1.54) is 19.2 Å². The first kappa shape index (κ1) is 17.6. The van der Waals surface area contributed by atoms with Gasteiger partial charge in [0, 0.05) is 11.9 Å². The molecule has 0 bridgehead atoms. The fourth-order valence-electron chi connectivity index (χ4n) is 2.51. The molecule has 0 aliphatic carbocycles. The number of phenolic OH excluding ortho intramolecular Hbond substituents is 2. The van der Waals surface area contributed by atoms with E-state index in [0.29, 0.717) is 5.56 Å². The molecular formula is C16H23BO6. The minimum absolute atomic E-state index is 0.00827. The van der Waals surface area contributed by atoms with Crippen molar-refractivity contribution < 1.29 is 29.1 Å². The molecule has 1 aromatic carbocycles. The lowest BCUT2D eigenvalue weighted by atomic mass is 9.66. The Bertz CT molecular complexity index is 582. The fourth-order valence-corrected chi connectivity index (χ4v) is 2.51. The second-order valence-corrected chi connectivity index (χ2v) is 6.75. The number of ether oxygens (including phenoxy) is 1. The van der Waals surface area contributed by atoms with Crippen LogP contribution < -0.4 is 0 Å². The standard InChI is InChI=1S/C16H23BO6/c1-15(2)16(3,4)23-17(22-15)12(9-14(20)21-5)11-7-6-10(18)8-13(11)19/h6-8,12,18-19H,9H2,1-5H3. The van der Waals surface area contributed by atoms with Crippen molar-refractivity contribution in [1.29, 1.82) is 0 Å². The smallest absolute Gasteiger partial charge is 0.466 e. The van der Waals surface area contributed by atoms with E-state index in [1.807, 2.05) is 27.7 Å². The van der Waals surface area contributed by atoms with E-state index in [-0.39, 0.29) is 17.9 Å². The van der Waals surface area contributed by atoms with Crippen molar-refractivity contribution in [3.8, 4) is 11.5 Å². The van der Waals surface area contributed by atoms with Crippen LogP contribution in [-0.4, -0.2) is 41.6 Å². The number of carbonyl (C=O) groups excluding carboxylic acids is 1. The quantitative estimate of drug-likeness (QED) is 0.654. The molecule has 1 aliphatic rings. The van der Waals surface area contributed by atoms with Crippen LogP contribution in [0.25, 0.3) is 0 Å². The number of benzene rings is 1. The van der Waals surface area contributed by atoms with Gasteiger partial charge in [0.05, 0.1) is 24.7 Å². The van der Waals surface area contributed by atoms with Crippen LogP contribution >= 0.6 is 0 Å². The predicted molar refractivity (Wildman–Crippen MR) is 85.2 cm³/mol. The Morgan fingerprint density at radius 3 is 2.26 bits per heavy atom. The van der Waals surface area contributed by atoms with Crippen LogP contribution in [0.15, 0.2) is 18.2 Å². The zero-order chi connectivity index (χ0) is 17.4. The van der Waals surface area contributed by atoms with Gasteiger partial charge in [-0.15, -0.1) is 0 Å². The molecule has 1 atom stereocenters. The van der Waals surface area contributed by atoms with Crippen LogP contribution in [0.2, 0.25) is 0 Å². The van der Waals surface area contributed by atoms with E-state index in [2.05, 4.69) is 0 Å². The maximum absolute atomic E-state index is 11.8. The summed E-state index contributed by atoms with van der Waals surface area (Å²) in [4.78, 5) is 11.8. The minimum Gasteiger partial charge on any atom is -0.508 e. The van der Waals surface area contributed by atoms with Crippen molar-refractivity contribution in [3.05, 3.63) is 23.8 Å². The number of hydrogen-bond acceptors (Lipinski definition) is 6. The highest BCUT2D eigenvalue weighted by atomic mass is 16.7. The molecule has 0 saturated carbocycles. The topological polar surface area (TPSA) is 85.2 Å². The predicted octanol–water partition coefficient (Wildman–Crippen LogP) is 2.38. The average Bonchev–Trinajstić information content (AvgIpc) is 2.65. The van der Waals surface area contributed by atoms with E-state index in [1.54, 1.807) is 6.07 Å². The van der Waals surface area contributed by atoms with Gasteiger partial charge in [-0.2, -0.15) is 0 Å². The molecule has 2 N–H and O–H groups in total. The van der Waals surface area contributed by atoms with Gasteiger partial charge in [0.15, 0.2) is 0 Å². The van der Waals surface area contributed by atoms with Gasteiger partial charge < -0.3 is 24.3 Å². The summed E-state index contributed by atoms with van der Waals surface area (Å²) in [6, 6.07) is 4.23. The number of phenols is 2. The number of hydrogen-bond donors (Lipinski definition) is 2. The molecule has 6 nitrogen and oxygen atoms in total. The van der Waals surface area contributed by atoms with Crippen molar-refractivity contribution in [3.63, 3.8) is 0 Å². The SMILES string of the molecule is COC(=O)CC(B1OC(C)(C)C(C)(C)O1)c1ccc(O)cc1O. The zero-order valence-electron chi connectivity index (χ0n) is 14.1. The Labute approximate surface area is 136 Å². The lowest BCUT2D eigenvalue weighted by Gasteiger charge is -2.32. The lowest BCUT2D eigenvalue weighted by Crippen LogP contribution is -2.41. The molecule has 0 radical (unpaired) electrons. The van der Waals surface area contributed by atoms with E-state index in [9.17, 15) is 15.0 Å². The van der Waals surface area contributed by atoms with Gasteiger partial charge in [-0.1, -0.05) is 6.07 Å². The summed E-state index contributed by atoms with van der Waals surface area (Å²) >= 11 is 0. The van der Waals surface area contributed by atoms with Gasteiger partial charge in [0.25, 0.3) is 0 Å². The number of rotatable bonds is 4. The summed E-state index contributed by atoms with van der Waals surface area (Å²) < 4.78 is 16.8. The van der Waals surface area contributed by atoms with E-state index >= 15 is 0 Å². The van der Waals surface area contributed by atoms with E-state index in [4.69, 9.17) is 14.0 Å². The first-order valence-corrected chi connectivity index (χ1v) is 7.52. The number of esters is 1. The van der Waals surface area contributed by atoms with Crippen molar-refractivity contribution in [2.24, 2.45) is 0 Å². The van der Waals surface area contributed by atoms with Crippen LogP contribution in [0.1, 0.15) is 45.5 Å². The minimum atomic E-state index is -0.713. The van der Waals surface area contributed by atoms with Gasteiger partial charge in [-0.3, -0.25) is 4.79 Å². The Hall–Kier alpha value is -1.73. The number of carbonyl (C=O) groups is 1. The second kappa shape index (κ2) is 6.05. The van der Waals surface area contributed by atoms with Crippen LogP contribution in [0, 0.1) is 0 Å². The highest BCUT2D eigenvalue weighted by Gasteiger charge is 2.54. The molecule has 0 aromatic heterocycles. The average molecular weight is 322 g/mol. The Morgan fingerprint density at radius 1 is 1.22 bits per heavy atom. The molecular weight excluding hydrogens is 299 g/mol. The lowest BCUT2D eigenvalue weighted by molar-refractivity contribution is -0.140. The Morgan fingerprint density at radius 2 is 1.78 bits per heavy atom. The number of aromatic hydroxyl groups is 2. The first-order chi connectivity index (χ1) is 10.6. The van der Waals surface area contributed by atoms with Crippen molar-refractivity contribution in [1.82, 2.24) is 0 Å². The molecule has 1 unspecified atom stereocenters. The zero-order valence-corrected chi connectivity index (χ0v) is 14.1. The molecule has 1 saturated heterocycles.